The van der Waals surface area contributed by atoms with Crippen LogP contribution in [0, 0.1) is 25.5 Å². The topological polar surface area (TPSA) is 55.1 Å². The fourth-order valence-corrected chi connectivity index (χ4v) is 2.11. The Kier molecular flexibility index (Phi) is 3.83. The van der Waals surface area contributed by atoms with E-state index in [-0.39, 0.29) is 13.0 Å². The average Bonchev–Trinajstić information content (AvgIpc) is 2.60. The van der Waals surface area contributed by atoms with Gasteiger partial charge in [0, 0.05) is 22.9 Å². The highest BCUT2D eigenvalue weighted by Gasteiger charge is 2.15. The first kappa shape index (κ1) is 14.2. The lowest BCUT2D eigenvalue weighted by Gasteiger charge is -2.06. The zero-order valence-corrected chi connectivity index (χ0v) is 11.2. The van der Waals surface area contributed by atoms with Crippen molar-refractivity contribution < 1.29 is 18.7 Å². The first-order chi connectivity index (χ1) is 9.38. The van der Waals surface area contributed by atoms with Crippen molar-refractivity contribution in [3.63, 3.8) is 0 Å². The zero-order valence-electron chi connectivity index (χ0n) is 11.2. The summed E-state index contributed by atoms with van der Waals surface area (Å²) in [6, 6.07) is 3.36. The summed E-state index contributed by atoms with van der Waals surface area (Å²) in [6.07, 6.45) is -0.121. The molecule has 0 unspecified atom stereocenters. The first-order valence-electron chi connectivity index (χ1n) is 6.07. The molecule has 2 aromatic rings. The van der Waals surface area contributed by atoms with Gasteiger partial charge >= 0.3 is 5.97 Å². The van der Waals surface area contributed by atoms with Gasteiger partial charge < -0.3 is 5.11 Å². The third-order valence-corrected chi connectivity index (χ3v) is 3.19. The largest absolute Gasteiger partial charge is 0.481 e. The Bertz CT molecular complexity index is 665. The van der Waals surface area contributed by atoms with Crippen molar-refractivity contribution in [2.45, 2.75) is 26.8 Å². The number of rotatable bonds is 4. The van der Waals surface area contributed by atoms with Crippen LogP contribution in [0.2, 0.25) is 0 Å². The van der Waals surface area contributed by atoms with Gasteiger partial charge in [-0.2, -0.15) is 5.10 Å². The molecule has 1 N–H and O–H groups in total. The van der Waals surface area contributed by atoms with Crippen LogP contribution in [0.3, 0.4) is 0 Å². The predicted octanol–water partition coefficient (Wildman–Crippen LogP) is 2.45. The summed E-state index contributed by atoms with van der Waals surface area (Å²) in [5.41, 5.74) is 2.21. The minimum atomic E-state index is -0.941. The number of hydrogen-bond acceptors (Lipinski definition) is 2. The van der Waals surface area contributed by atoms with E-state index in [0.29, 0.717) is 22.5 Å². The molecule has 6 heteroatoms. The number of carboxylic acids is 1. The lowest BCUT2D eigenvalue weighted by molar-refractivity contribution is -0.136. The van der Waals surface area contributed by atoms with E-state index in [1.54, 1.807) is 13.8 Å². The highest BCUT2D eigenvalue weighted by Crippen LogP contribution is 2.17. The summed E-state index contributed by atoms with van der Waals surface area (Å²) in [7, 11) is 0. The summed E-state index contributed by atoms with van der Waals surface area (Å²) in [5, 5.41) is 13.1. The number of carbonyl (C=O) groups is 1. The van der Waals surface area contributed by atoms with E-state index >= 15 is 0 Å². The van der Waals surface area contributed by atoms with E-state index in [2.05, 4.69) is 5.10 Å². The Morgan fingerprint density at radius 3 is 2.65 bits per heavy atom. The molecule has 1 aromatic heterocycles. The summed E-state index contributed by atoms with van der Waals surface area (Å²) in [5.74, 6) is -2.22. The summed E-state index contributed by atoms with van der Waals surface area (Å²) < 4.78 is 28.0. The Balaban J connectivity index is 2.32. The van der Waals surface area contributed by atoms with Gasteiger partial charge in [0.2, 0.25) is 0 Å². The van der Waals surface area contributed by atoms with Gasteiger partial charge in [-0.1, -0.05) is 6.07 Å². The van der Waals surface area contributed by atoms with Crippen LogP contribution in [-0.4, -0.2) is 20.9 Å². The normalized spacial score (nSPS) is 10.8. The van der Waals surface area contributed by atoms with Crippen molar-refractivity contribution in [1.29, 1.82) is 0 Å². The number of aliphatic carboxylic acids is 1. The fraction of sp³-hybridized carbons (Fsp3) is 0.286. The Morgan fingerprint density at radius 2 is 2.05 bits per heavy atom. The lowest BCUT2D eigenvalue weighted by atomic mass is 10.1. The van der Waals surface area contributed by atoms with Crippen LogP contribution in [0.15, 0.2) is 18.2 Å². The van der Waals surface area contributed by atoms with Gasteiger partial charge in [0.15, 0.2) is 0 Å². The van der Waals surface area contributed by atoms with Gasteiger partial charge in [-0.3, -0.25) is 9.48 Å². The van der Waals surface area contributed by atoms with Crippen molar-refractivity contribution in [3.8, 4) is 0 Å². The summed E-state index contributed by atoms with van der Waals surface area (Å²) in [6.45, 7) is 3.58. The predicted molar refractivity (Wildman–Crippen MR) is 68.5 cm³/mol. The zero-order chi connectivity index (χ0) is 14.9. The number of aryl methyl sites for hydroxylation is 1. The molecule has 0 amide bonds. The van der Waals surface area contributed by atoms with Gasteiger partial charge in [0.25, 0.3) is 0 Å². The Morgan fingerprint density at radius 1 is 1.35 bits per heavy atom. The second-order valence-electron chi connectivity index (χ2n) is 4.61. The van der Waals surface area contributed by atoms with E-state index in [9.17, 15) is 13.6 Å². The van der Waals surface area contributed by atoms with E-state index in [1.165, 1.54) is 16.8 Å². The molecule has 0 aliphatic heterocycles. The van der Waals surface area contributed by atoms with Crippen LogP contribution < -0.4 is 0 Å². The van der Waals surface area contributed by atoms with E-state index in [0.717, 1.165) is 6.07 Å². The van der Waals surface area contributed by atoms with Crippen LogP contribution in [0.25, 0.3) is 0 Å². The standard InChI is InChI=1S/C14H14F2N2O2/c1-8-12(6-14(19)20)9(2)18(17-8)7-10-3-4-11(15)5-13(10)16/h3-5H,6-7H2,1-2H3,(H,19,20). The molecule has 0 aliphatic rings. The third-order valence-electron chi connectivity index (χ3n) is 3.19. The maximum absolute atomic E-state index is 13.6. The number of halogens is 2. The van der Waals surface area contributed by atoms with Crippen molar-refractivity contribution in [1.82, 2.24) is 9.78 Å². The molecule has 0 fully saturated rings. The first-order valence-corrected chi connectivity index (χ1v) is 6.07. The van der Waals surface area contributed by atoms with Crippen molar-refractivity contribution >= 4 is 5.97 Å². The van der Waals surface area contributed by atoms with Crippen LogP contribution in [0.5, 0.6) is 0 Å². The maximum atomic E-state index is 13.6. The molecule has 2 rings (SSSR count). The maximum Gasteiger partial charge on any atom is 0.307 e. The molecule has 0 saturated heterocycles. The Hall–Kier alpha value is -2.24. The van der Waals surface area contributed by atoms with E-state index in [1.807, 2.05) is 0 Å². The molecular weight excluding hydrogens is 266 g/mol. The van der Waals surface area contributed by atoms with Gasteiger partial charge in [0.1, 0.15) is 11.6 Å². The monoisotopic (exact) mass is 280 g/mol. The lowest BCUT2D eigenvalue weighted by Crippen LogP contribution is -2.07. The minimum absolute atomic E-state index is 0.121. The highest BCUT2D eigenvalue weighted by atomic mass is 19.1. The van der Waals surface area contributed by atoms with E-state index in [4.69, 9.17) is 5.11 Å². The molecule has 106 valence electrons. The molecule has 0 bridgehead atoms. The van der Waals surface area contributed by atoms with Gasteiger partial charge in [-0.15, -0.1) is 0 Å². The second-order valence-corrected chi connectivity index (χ2v) is 4.61. The summed E-state index contributed by atoms with van der Waals surface area (Å²) >= 11 is 0. The van der Waals surface area contributed by atoms with Crippen molar-refractivity contribution in [2.24, 2.45) is 0 Å². The fourth-order valence-electron chi connectivity index (χ4n) is 2.11. The van der Waals surface area contributed by atoms with E-state index < -0.39 is 17.6 Å². The molecule has 0 radical (unpaired) electrons. The van der Waals surface area contributed by atoms with Crippen LogP contribution in [0.1, 0.15) is 22.5 Å². The molecule has 0 saturated carbocycles. The van der Waals surface area contributed by atoms with Crippen molar-refractivity contribution in [3.05, 3.63) is 52.3 Å². The number of nitrogens with zero attached hydrogens (tertiary/aromatic N) is 2. The minimum Gasteiger partial charge on any atom is -0.481 e. The third kappa shape index (κ3) is 2.84. The van der Waals surface area contributed by atoms with Gasteiger partial charge in [0.05, 0.1) is 18.7 Å². The van der Waals surface area contributed by atoms with Crippen LogP contribution >= 0.6 is 0 Å². The molecule has 0 atom stereocenters. The van der Waals surface area contributed by atoms with Crippen LogP contribution in [0.4, 0.5) is 8.78 Å². The average molecular weight is 280 g/mol. The number of hydrogen-bond donors (Lipinski definition) is 1. The SMILES string of the molecule is Cc1nn(Cc2ccc(F)cc2F)c(C)c1CC(=O)O. The molecular formula is C14H14F2N2O2. The quantitative estimate of drug-likeness (QED) is 0.936. The summed E-state index contributed by atoms with van der Waals surface area (Å²) in [4.78, 5) is 10.8. The molecule has 1 aromatic carbocycles. The highest BCUT2D eigenvalue weighted by molar-refractivity contribution is 5.70. The Labute approximate surface area is 114 Å². The molecule has 4 nitrogen and oxygen atoms in total. The van der Waals surface area contributed by atoms with Gasteiger partial charge in [-0.05, 0) is 19.9 Å². The molecule has 0 aliphatic carbocycles. The number of aromatic nitrogens is 2. The molecule has 20 heavy (non-hydrogen) atoms. The number of carboxylic acid groups (broad SMARTS) is 1. The van der Waals surface area contributed by atoms with Crippen LogP contribution in [-0.2, 0) is 17.8 Å². The van der Waals surface area contributed by atoms with Gasteiger partial charge in [-0.25, -0.2) is 8.78 Å². The second kappa shape index (κ2) is 5.40. The molecule has 1 heterocycles. The van der Waals surface area contributed by atoms with Crippen molar-refractivity contribution in [2.75, 3.05) is 0 Å². The smallest absolute Gasteiger partial charge is 0.307 e. The molecule has 0 spiro atoms. The number of benzene rings is 1.